The number of carbonyl (C=O) groups excluding carboxylic acids is 1. The molecule has 2 aromatic heterocycles. The van der Waals surface area contributed by atoms with Crippen LogP contribution in [-0.4, -0.2) is 54.0 Å². The van der Waals surface area contributed by atoms with E-state index in [9.17, 15) is 15.0 Å². The van der Waals surface area contributed by atoms with Crippen LogP contribution >= 0.6 is 0 Å². The van der Waals surface area contributed by atoms with Crippen molar-refractivity contribution in [3.05, 3.63) is 24.8 Å². The molecule has 3 rings (SSSR count). The molecule has 116 valence electrons. The van der Waals surface area contributed by atoms with Crippen LogP contribution in [-0.2, 0) is 9.53 Å². The normalized spacial score (nSPS) is 28.6. The summed E-state index contributed by atoms with van der Waals surface area (Å²) in [5.74, 6) is -0.482. The van der Waals surface area contributed by atoms with E-state index in [0.717, 1.165) is 6.08 Å². The van der Waals surface area contributed by atoms with Gasteiger partial charge in [-0.15, -0.1) is 0 Å². The lowest BCUT2D eigenvalue weighted by molar-refractivity contribution is -0.113. The van der Waals surface area contributed by atoms with Crippen molar-refractivity contribution in [1.29, 1.82) is 0 Å². The number of hydrogen-bond acceptors (Lipinski definition) is 8. The Labute approximate surface area is 124 Å². The highest BCUT2D eigenvalue weighted by molar-refractivity contribution is 5.85. The number of nitrogen functional groups attached to an aromatic ring is 1. The maximum absolute atomic E-state index is 10.8. The molecule has 1 aliphatic rings. The van der Waals surface area contributed by atoms with E-state index in [0.29, 0.717) is 11.2 Å². The van der Waals surface area contributed by atoms with Crippen molar-refractivity contribution in [2.24, 2.45) is 5.73 Å². The van der Waals surface area contributed by atoms with Gasteiger partial charge in [0.25, 0.3) is 0 Å². The van der Waals surface area contributed by atoms with E-state index in [2.05, 4.69) is 15.0 Å². The highest BCUT2D eigenvalue weighted by Gasteiger charge is 2.43. The molecule has 0 saturated carbocycles. The number of nitrogens with zero attached hydrogens (tertiary/aromatic N) is 4. The SMILES string of the molecule is NC(=O)/C=C/C1OC(n2cnc3c(N)ncnc32)C(O)C1O. The lowest BCUT2D eigenvalue weighted by atomic mass is 10.1. The highest BCUT2D eigenvalue weighted by Crippen LogP contribution is 2.32. The fraction of sp³-hybridized carbons (Fsp3) is 0.333. The standard InChI is InChI=1S/C12H14N6O4/c13-6(19)2-1-5-8(20)9(21)12(22-5)18-4-17-7-10(14)15-3-16-11(7)18/h1-5,8-9,12,20-21H,(H2,13,19)(H2,14,15,16)/b2-1+. The summed E-state index contributed by atoms with van der Waals surface area (Å²) < 4.78 is 7.00. The molecule has 0 radical (unpaired) electrons. The second kappa shape index (κ2) is 5.33. The second-order valence-electron chi connectivity index (χ2n) is 4.82. The van der Waals surface area contributed by atoms with Crippen molar-refractivity contribution in [3.8, 4) is 0 Å². The molecule has 2 aromatic rings. The maximum atomic E-state index is 10.8. The van der Waals surface area contributed by atoms with Gasteiger partial charge in [-0.1, -0.05) is 0 Å². The first-order valence-corrected chi connectivity index (χ1v) is 6.41. The average molecular weight is 306 g/mol. The summed E-state index contributed by atoms with van der Waals surface area (Å²) in [4.78, 5) is 22.7. The number of primary amides is 1. The molecule has 22 heavy (non-hydrogen) atoms. The van der Waals surface area contributed by atoms with Crippen LogP contribution in [0.5, 0.6) is 0 Å². The smallest absolute Gasteiger partial charge is 0.241 e. The van der Waals surface area contributed by atoms with E-state index < -0.39 is 30.4 Å². The molecule has 4 unspecified atom stereocenters. The Hall–Kier alpha value is -2.56. The maximum Gasteiger partial charge on any atom is 0.241 e. The summed E-state index contributed by atoms with van der Waals surface area (Å²) in [6.07, 6.45) is 0.719. The third kappa shape index (κ3) is 2.28. The highest BCUT2D eigenvalue weighted by atomic mass is 16.6. The largest absolute Gasteiger partial charge is 0.387 e. The van der Waals surface area contributed by atoms with E-state index in [-0.39, 0.29) is 5.82 Å². The van der Waals surface area contributed by atoms with Gasteiger partial charge in [-0.3, -0.25) is 9.36 Å². The topological polar surface area (TPSA) is 162 Å². The quantitative estimate of drug-likeness (QED) is 0.476. The zero-order valence-electron chi connectivity index (χ0n) is 11.3. The minimum Gasteiger partial charge on any atom is -0.387 e. The van der Waals surface area contributed by atoms with E-state index in [4.69, 9.17) is 16.2 Å². The van der Waals surface area contributed by atoms with Crippen LogP contribution in [0.3, 0.4) is 0 Å². The Morgan fingerprint density at radius 3 is 2.82 bits per heavy atom. The molecular weight excluding hydrogens is 292 g/mol. The minimum atomic E-state index is -1.24. The van der Waals surface area contributed by atoms with Crippen molar-refractivity contribution in [1.82, 2.24) is 19.5 Å². The number of ether oxygens (including phenoxy) is 1. The van der Waals surface area contributed by atoms with Gasteiger partial charge in [-0.05, 0) is 6.08 Å². The van der Waals surface area contributed by atoms with Gasteiger partial charge in [0, 0.05) is 6.08 Å². The van der Waals surface area contributed by atoms with Gasteiger partial charge < -0.3 is 26.4 Å². The van der Waals surface area contributed by atoms with Gasteiger partial charge >= 0.3 is 0 Å². The van der Waals surface area contributed by atoms with E-state index >= 15 is 0 Å². The molecule has 1 aliphatic heterocycles. The zero-order chi connectivity index (χ0) is 15.9. The van der Waals surface area contributed by atoms with Crippen LogP contribution in [0.1, 0.15) is 6.23 Å². The number of aliphatic hydroxyl groups excluding tert-OH is 2. The number of aliphatic hydroxyl groups is 2. The predicted octanol–water partition coefficient (Wildman–Crippen LogP) is -1.93. The molecule has 3 heterocycles. The Morgan fingerprint density at radius 2 is 2.09 bits per heavy atom. The number of fused-ring (bicyclic) bond motifs is 1. The fourth-order valence-electron chi connectivity index (χ4n) is 2.32. The van der Waals surface area contributed by atoms with Crippen LogP contribution in [0.15, 0.2) is 24.8 Å². The van der Waals surface area contributed by atoms with E-state index in [1.165, 1.54) is 23.3 Å². The van der Waals surface area contributed by atoms with E-state index in [1.54, 1.807) is 0 Å². The number of rotatable bonds is 3. The number of hydrogen-bond donors (Lipinski definition) is 4. The predicted molar refractivity (Wildman–Crippen MR) is 74.0 cm³/mol. The number of aromatic nitrogens is 4. The van der Waals surface area contributed by atoms with Crippen LogP contribution in [0.4, 0.5) is 5.82 Å². The molecule has 1 saturated heterocycles. The molecule has 10 nitrogen and oxygen atoms in total. The third-order valence-corrected chi connectivity index (χ3v) is 3.39. The lowest BCUT2D eigenvalue weighted by Gasteiger charge is -2.16. The van der Waals surface area contributed by atoms with Crippen LogP contribution in [0.2, 0.25) is 0 Å². The van der Waals surface area contributed by atoms with Gasteiger partial charge in [0.2, 0.25) is 5.91 Å². The molecule has 10 heteroatoms. The number of imidazole rings is 1. The van der Waals surface area contributed by atoms with Crippen molar-refractivity contribution >= 4 is 22.9 Å². The summed E-state index contributed by atoms with van der Waals surface area (Å²) in [5.41, 5.74) is 11.4. The monoisotopic (exact) mass is 306 g/mol. The molecule has 1 amide bonds. The fourth-order valence-corrected chi connectivity index (χ4v) is 2.32. The third-order valence-electron chi connectivity index (χ3n) is 3.39. The van der Waals surface area contributed by atoms with Crippen molar-refractivity contribution < 1.29 is 19.7 Å². The number of amides is 1. The first kappa shape index (κ1) is 14.4. The summed E-state index contributed by atoms with van der Waals surface area (Å²) in [5, 5.41) is 20.1. The summed E-state index contributed by atoms with van der Waals surface area (Å²) in [6.45, 7) is 0. The van der Waals surface area contributed by atoms with Gasteiger partial charge in [0.1, 0.15) is 30.2 Å². The van der Waals surface area contributed by atoms with Gasteiger partial charge in [0.15, 0.2) is 17.7 Å². The summed E-state index contributed by atoms with van der Waals surface area (Å²) in [7, 11) is 0. The van der Waals surface area contributed by atoms with Crippen molar-refractivity contribution in [2.45, 2.75) is 24.5 Å². The van der Waals surface area contributed by atoms with Gasteiger partial charge in [-0.2, -0.15) is 0 Å². The molecule has 1 fully saturated rings. The minimum absolute atomic E-state index is 0.196. The Kier molecular flexibility index (Phi) is 3.48. The molecule has 0 spiro atoms. The van der Waals surface area contributed by atoms with Crippen LogP contribution in [0.25, 0.3) is 11.2 Å². The molecule has 0 aromatic carbocycles. The Bertz CT molecular complexity index is 744. The number of nitrogens with two attached hydrogens (primary N) is 2. The number of carbonyl (C=O) groups is 1. The van der Waals surface area contributed by atoms with E-state index in [1.807, 2.05) is 0 Å². The van der Waals surface area contributed by atoms with Crippen molar-refractivity contribution in [3.63, 3.8) is 0 Å². The summed E-state index contributed by atoms with van der Waals surface area (Å²) in [6, 6.07) is 0. The molecule has 0 bridgehead atoms. The molecule has 6 N–H and O–H groups in total. The van der Waals surface area contributed by atoms with Crippen LogP contribution < -0.4 is 11.5 Å². The summed E-state index contributed by atoms with van der Waals surface area (Å²) >= 11 is 0. The van der Waals surface area contributed by atoms with Crippen LogP contribution in [0, 0.1) is 0 Å². The zero-order valence-corrected chi connectivity index (χ0v) is 11.3. The van der Waals surface area contributed by atoms with Crippen molar-refractivity contribution in [2.75, 3.05) is 5.73 Å². The Balaban J connectivity index is 1.94. The first-order chi connectivity index (χ1) is 10.5. The first-order valence-electron chi connectivity index (χ1n) is 6.41. The van der Waals surface area contributed by atoms with Gasteiger partial charge in [0.05, 0.1) is 6.33 Å². The molecule has 0 aliphatic carbocycles. The lowest BCUT2D eigenvalue weighted by Crippen LogP contribution is -2.30. The molecular formula is C12H14N6O4. The second-order valence-corrected chi connectivity index (χ2v) is 4.82. The Morgan fingerprint density at radius 1 is 1.32 bits per heavy atom. The molecule has 4 atom stereocenters. The average Bonchev–Trinajstić information content (AvgIpc) is 3.01. The van der Waals surface area contributed by atoms with Gasteiger partial charge in [-0.25, -0.2) is 15.0 Å². The number of anilines is 1.